The predicted octanol–water partition coefficient (Wildman–Crippen LogP) is 5.83. The van der Waals surface area contributed by atoms with Crippen molar-refractivity contribution in [3.63, 3.8) is 0 Å². The zero-order valence-electron chi connectivity index (χ0n) is 24.8. The summed E-state index contributed by atoms with van der Waals surface area (Å²) in [6, 6.07) is 0. The second-order valence-electron chi connectivity index (χ2n) is 11.6. The van der Waals surface area contributed by atoms with Crippen molar-refractivity contribution in [2.45, 2.75) is 103 Å². The van der Waals surface area contributed by atoms with E-state index in [4.69, 9.17) is 5.11 Å². The highest BCUT2D eigenvalue weighted by Crippen LogP contribution is 2.34. The monoisotopic (exact) mass is 573 g/mol. The maximum Gasteiger partial charge on any atom is 0.307 e. The first-order valence-corrected chi connectivity index (χ1v) is 16.2. The first kappa shape index (κ1) is 32.3. The summed E-state index contributed by atoms with van der Waals surface area (Å²) >= 11 is 4.27. The number of Topliss-reactive ketones (excluding diaryl/α,β-unsaturated/α-hetero) is 1. The molecule has 0 aromatic carbocycles. The van der Waals surface area contributed by atoms with Crippen molar-refractivity contribution >= 4 is 30.2 Å². The maximum atomic E-state index is 12.4. The number of hydrogen-bond acceptors (Lipinski definition) is 7. The fourth-order valence-corrected chi connectivity index (χ4v) is 5.38. The van der Waals surface area contributed by atoms with Crippen LogP contribution in [-0.4, -0.2) is 81.9 Å². The minimum Gasteiger partial charge on any atom is -0.481 e. The number of thiol groups is 1. The van der Waals surface area contributed by atoms with Crippen molar-refractivity contribution in [1.29, 1.82) is 0 Å². The van der Waals surface area contributed by atoms with Crippen LogP contribution in [0.1, 0.15) is 97.3 Å². The molecule has 0 radical (unpaired) electrons. The Morgan fingerprint density at radius 2 is 1.32 bits per heavy atom. The van der Waals surface area contributed by atoms with Crippen molar-refractivity contribution in [3.05, 3.63) is 35.3 Å². The Morgan fingerprint density at radius 1 is 0.825 bits per heavy atom. The molecule has 4 aliphatic rings. The molecule has 3 heterocycles. The SMILES string of the molecule is CCCCCCCC/C=C\CCCCCCC(C(=O)O)C(C)S.O=C1C=C(N2CC2)C(=O)C(N2CC2)=C1N1CC1. The van der Waals surface area contributed by atoms with Crippen LogP contribution in [0.25, 0.3) is 0 Å². The van der Waals surface area contributed by atoms with Crippen LogP contribution in [0.5, 0.6) is 0 Å². The number of hydrogen-bond donors (Lipinski definition) is 2. The number of allylic oxidation sites excluding steroid dienone is 3. The Balaban J connectivity index is 0.000000227. The van der Waals surface area contributed by atoms with E-state index in [9.17, 15) is 14.4 Å². The summed E-state index contributed by atoms with van der Waals surface area (Å²) in [5, 5.41) is 9.03. The summed E-state index contributed by atoms with van der Waals surface area (Å²) in [6.45, 7) is 9.54. The minimum atomic E-state index is -0.704. The summed E-state index contributed by atoms with van der Waals surface area (Å²) in [4.78, 5) is 41.5. The molecule has 0 saturated carbocycles. The van der Waals surface area contributed by atoms with Crippen molar-refractivity contribution in [2.24, 2.45) is 5.92 Å². The molecule has 3 aliphatic heterocycles. The van der Waals surface area contributed by atoms with Crippen LogP contribution in [0.2, 0.25) is 0 Å². The molecule has 40 heavy (non-hydrogen) atoms. The standard InChI is InChI=1S/C20H38O2S.C12H13N3O2/c1-3-4-5-6-7-8-9-10-11-12-13-14-15-16-17-19(18(2)23)20(21)22;16-9-7-8(13-1-2-13)12(17)11(15-5-6-15)10(9)14-3-4-14/h10-11,18-19,23H,3-9,12-17H2,1-2H3,(H,21,22);7H,1-6H2/b11-10-;. The van der Waals surface area contributed by atoms with Crippen LogP contribution in [0.15, 0.2) is 35.3 Å². The Labute approximate surface area is 247 Å². The van der Waals surface area contributed by atoms with E-state index < -0.39 is 5.97 Å². The van der Waals surface area contributed by atoms with E-state index >= 15 is 0 Å². The number of aliphatic carboxylic acids is 1. The normalized spacial score (nSPS) is 19.5. The molecular formula is C32H51N3O4S. The van der Waals surface area contributed by atoms with Crippen molar-refractivity contribution in [1.82, 2.24) is 14.7 Å². The van der Waals surface area contributed by atoms with Gasteiger partial charge in [0, 0.05) is 50.6 Å². The van der Waals surface area contributed by atoms with Gasteiger partial charge in [0.1, 0.15) is 11.4 Å². The molecule has 8 heteroatoms. The van der Waals surface area contributed by atoms with Gasteiger partial charge in [0.25, 0.3) is 0 Å². The maximum absolute atomic E-state index is 12.4. The molecule has 3 fully saturated rings. The number of rotatable bonds is 19. The number of carboxylic acid groups (broad SMARTS) is 1. The predicted molar refractivity (Wildman–Crippen MR) is 164 cm³/mol. The average molecular weight is 574 g/mol. The van der Waals surface area contributed by atoms with Crippen molar-refractivity contribution in [2.75, 3.05) is 39.3 Å². The van der Waals surface area contributed by atoms with Gasteiger partial charge in [-0.2, -0.15) is 12.6 Å². The van der Waals surface area contributed by atoms with E-state index in [-0.39, 0.29) is 22.7 Å². The largest absolute Gasteiger partial charge is 0.481 e. The molecule has 7 nitrogen and oxygen atoms in total. The molecule has 0 aromatic rings. The second kappa shape index (κ2) is 16.9. The Hall–Kier alpha value is -2.22. The van der Waals surface area contributed by atoms with Gasteiger partial charge < -0.3 is 19.8 Å². The molecule has 3 saturated heterocycles. The van der Waals surface area contributed by atoms with Gasteiger partial charge in [-0.3, -0.25) is 14.4 Å². The number of carbonyl (C=O) groups is 3. The number of ketones is 2. The molecule has 2 atom stereocenters. The highest BCUT2D eigenvalue weighted by molar-refractivity contribution is 7.81. The van der Waals surface area contributed by atoms with Gasteiger partial charge in [0.2, 0.25) is 11.6 Å². The summed E-state index contributed by atoms with van der Waals surface area (Å²) < 4.78 is 0. The van der Waals surface area contributed by atoms with Gasteiger partial charge in [-0.05, 0) is 32.1 Å². The lowest BCUT2D eigenvalue weighted by atomic mass is 9.98. The first-order chi connectivity index (χ1) is 19.3. The average Bonchev–Trinajstić information content (AvgIpc) is 3.76. The van der Waals surface area contributed by atoms with Gasteiger partial charge in [-0.25, -0.2) is 0 Å². The molecule has 0 bridgehead atoms. The van der Waals surface area contributed by atoms with Gasteiger partial charge in [-0.1, -0.05) is 77.4 Å². The third-order valence-corrected chi connectivity index (χ3v) is 8.27. The van der Waals surface area contributed by atoms with E-state index in [0.29, 0.717) is 17.1 Å². The van der Waals surface area contributed by atoms with Crippen molar-refractivity contribution < 1.29 is 19.5 Å². The molecular weight excluding hydrogens is 522 g/mol. The highest BCUT2D eigenvalue weighted by atomic mass is 32.1. The Bertz CT molecular complexity index is 946. The van der Waals surface area contributed by atoms with Crippen LogP contribution in [0, 0.1) is 5.92 Å². The smallest absolute Gasteiger partial charge is 0.307 e. The van der Waals surface area contributed by atoms with Crippen LogP contribution < -0.4 is 0 Å². The Kier molecular flexibility index (Phi) is 13.6. The number of nitrogens with zero attached hydrogens (tertiary/aromatic N) is 3. The molecule has 0 spiro atoms. The van der Waals surface area contributed by atoms with Crippen LogP contribution in [0.3, 0.4) is 0 Å². The summed E-state index contributed by atoms with van der Waals surface area (Å²) in [7, 11) is 0. The fourth-order valence-electron chi connectivity index (χ4n) is 5.10. The second-order valence-corrected chi connectivity index (χ2v) is 12.4. The van der Waals surface area contributed by atoms with E-state index in [1.165, 1.54) is 70.3 Å². The fraction of sp³-hybridized carbons (Fsp3) is 0.719. The molecule has 224 valence electrons. The molecule has 0 aromatic heterocycles. The molecule has 0 amide bonds. The number of unbranched alkanes of at least 4 members (excludes halogenated alkanes) is 10. The van der Waals surface area contributed by atoms with E-state index in [1.54, 1.807) is 0 Å². The topological polar surface area (TPSA) is 80.5 Å². The van der Waals surface area contributed by atoms with Gasteiger partial charge >= 0.3 is 5.97 Å². The van der Waals surface area contributed by atoms with Crippen LogP contribution in [-0.2, 0) is 14.4 Å². The zero-order valence-corrected chi connectivity index (χ0v) is 25.7. The summed E-state index contributed by atoms with van der Waals surface area (Å²) in [5.74, 6) is -0.951. The van der Waals surface area contributed by atoms with Crippen LogP contribution in [0.4, 0.5) is 0 Å². The van der Waals surface area contributed by atoms with Crippen molar-refractivity contribution in [3.8, 4) is 0 Å². The lowest BCUT2D eigenvalue weighted by molar-refractivity contribution is -0.141. The van der Waals surface area contributed by atoms with E-state index in [0.717, 1.165) is 58.5 Å². The number of carboxylic acids is 1. The Morgan fingerprint density at radius 3 is 1.82 bits per heavy atom. The van der Waals surface area contributed by atoms with Gasteiger partial charge in [0.15, 0.2) is 0 Å². The van der Waals surface area contributed by atoms with E-state index in [1.807, 2.05) is 21.6 Å². The van der Waals surface area contributed by atoms with E-state index in [2.05, 4.69) is 31.7 Å². The zero-order chi connectivity index (χ0) is 28.9. The summed E-state index contributed by atoms with van der Waals surface area (Å²) in [5.41, 5.74) is 1.89. The quantitative estimate of drug-likeness (QED) is 0.0661. The third-order valence-electron chi connectivity index (χ3n) is 7.91. The molecule has 1 N–H and O–H groups in total. The van der Waals surface area contributed by atoms with Crippen LogP contribution >= 0.6 is 12.6 Å². The lowest BCUT2D eigenvalue weighted by Crippen LogP contribution is -2.29. The third kappa shape index (κ3) is 11.0. The highest BCUT2D eigenvalue weighted by Gasteiger charge is 2.43. The molecule has 1 aliphatic carbocycles. The van der Waals surface area contributed by atoms with Gasteiger partial charge in [0.05, 0.1) is 11.6 Å². The molecule has 4 rings (SSSR count). The number of carbonyl (C=O) groups excluding carboxylic acids is 2. The summed E-state index contributed by atoms with van der Waals surface area (Å²) in [6.07, 6.45) is 22.1. The van der Waals surface area contributed by atoms with Gasteiger partial charge in [-0.15, -0.1) is 0 Å². The molecule has 2 unspecified atom stereocenters. The first-order valence-electron chi connectivity index (χ1n) is 15.7. The lowest BCUT2D eigenvalue weighted by Gasteiger charge is -2.21. The minimum absolute atomic E-state index is 0.00546.